The first-order valence-corrected chi connectivity index (χ1v) is 7.26. The second-order valence-corrected chi connectivity index (χ2v) is 5.84. The molecule has 3 N–H and O–H groups in total. The molecule has 0 spiro atoms. The van der Waals surface area contributed by atoms with Crippen LogP contribution in [0.4, 0.5) is 0 Å². The molecular weight excluding hydrogens is 278 g/mol. The van der Waals surface area contributed by atoms with Crippen molar-refractivity contribution in [2.24, 2.45) is 5.92 Å². The van der Waals surface area contributed by atoms with Crippen LogP contribution in [0.1, 0.15) is 46.5 Å². The molecule has 0 aromatic carbocycles. The highest BCUT2D eigenvalue weighted by molar-refractivity contribution is 5.85. The van der Waals surface area contributed by atoms with Crippen LogP contribution >= 0.6 is 12.4 Å². The molecule has 20 heavy (non-hydrogen) atoms. The van der Waals surface area contributed by atoms with E-state index in [2.05, 4.69) is 22.9 Å². The number of hydrogen-bond donors (Lipinski definition) is 3. The molecule has 0 saturated carbocycles. The van der Waals surface area contributed by atoms with E-state index in [1.54, 1.807) is 0 Å². The van der Waals surface area contributed by atoms with E-state index in [4.69, 9.17) is 0 Å². The van der Waals surface area contributed by atoms with E-state index in [-0.39, 0.29) is 30.3 Å². The average Bonchev–Trinajstić information content (AvgIpc) is 2.27. The molecular formula is C14H28ClN3O2. The van der Waals surface area contributed by atoms with E-state index >= 15 is 0 Å². The van der Waals surface area contributed by atoms with Crippen molar-refractivity contribution in [3.05, 3.63) is 0 Å². The second-order valence-electron chi connectivity index (χ2n) is 5.84. The van der Waals surface area contributed by atoms with Gasteiger partial charge in [-0.1, -0.05) is 13.8 Å². The van der Waals surface area contributed by atoms with Crippen molar-refractivity contribution in [1.29, 1.82) is 0 Å². The zero-order chi connectivity index (χ0) is 14.3. The minimum absolute atomic E-state index is 0. The van der Waals surface area contributed by atoms with Crippen molar-refractivity contribution in [3.63, 3.8) is 0 Å². The molecule has 1 rings (SSSR count). The monoisotopic (exact) mass is 305 g/mol. The third-order valence-corrected chi connectivity index (χ3v) is 3.26. The highest BCUT2D eigenvalue weighted by Gasteiger charge is 2.19. The summed E-state index contributed by atoms with van der Waals surface area (Å²) < 4.78 is 0. The van der Waals surface area contributed by atoms with Gasteiger partial charge in [0.05, 0.1) is 0 Å². The van der Waals surface area contributed by atoms with Gasteiger partial charge in [0, 0.05) is 31.5 Å². The molecule has 6 heteroatoms. The quantitative estimate of drug-likeness (QED) is 0.691. The summed E-state index contributed by atoms with van der Waals surface area (Å²) in [6, 6.07) is 0.736. The number of carbonyl (C=O) groups is 2. The number of piperidine rings is 1. The summed E-state index contributed by atoms with van der Waals surface area (Å²) in [4.78, 5) is 23.2. The number of nitrogens with one attached hydrogen (secondary N) is 3. The number of hydrogen-bond acceptors (Lipinski definition) is 3. The topological polar surface area (TPSA) is 70.2 Å². The van der Waals surface area contributed by atoms with Crippen molar-refractivity contribution in [2.45, 2.75) is 58.5 Å². The molecule has 0 aliphatic carbocycles. The molecule has 5 nitrogen and oxygen atoms in total. The fourth-order valence-electron chi connectivity index (χ4n) is 2.32. The summed E-state index contributed by atoms with van der Waals surface area (Å²) in [5.74, 6) is 0.410. The van der Waals surface area contributed by atoms with E-state index in [1.165, 1.54) is 0 Å². The maximum atomic E-state index is 11.7. The smallest absolute Gasteiger partial charge is 0.221 e. The van der Waals surface area contributed by atoms with Crippen molar-refractivity contribution in [1.82, 2.24) is 16.0 Å². The molecule has 2 unspecified atom stereocenters. The lowest BCUT2D eigenvalue weighted by Crippen LogP contribution is -2.47. The van der Waals surface area contributed by atoms with E-state index in [0.717, 1.165) is 19.4 Å². The van der Waals surface area contributed by atoms with E-state index in [9.17, 15) is 9.59 Å². The van der Waals surface area contributed by atoms with Crippen LogP contribution < -0.4 is 16.0 Å². The van der Waals surface area contributed by atoms with Gasteiger partial charge in [0.2, 0.25) is 11.8 Å². The Morgan fingerprint density at radius 2 is 2.00 bits per heavy atom. The van der Waals surface area contributed by atoms with Crippen LogP contribution in [0.25, 0.3) is 0 Å². The van der Waals surface area contributed by atoms with Crippen molar-refractivity contribution >= 4 is 24.2 Å². The third-order valence-electron chi connectivity index (χ3n) is 3.26. The Kier molecular flexibility index (Phi) is 9.59. The largest absolute Gasteiger partial charge is 0.356 e. The Hall–Kier alpha value is -0.810. The van der Waals surface area contributed by atoms with Crippen molar-refractivity contribution in [2.75, 3.05) is 13.1 Å². The normalized spacial score (nSPS) is 22.0. The first-order valence-electron chi connectivity index (χ1n) is 7.26. The van der Waals surface area contributed by atoms with Gasteiger partial charge in [-0.2, -0.15) is 0 Å². The molecule has 0 radical (unpaired) electrons. The van der Waals surface area contributed by atoms with Crippen LogP contribution in [0.3, 0.4) is 0 Å². The van der Waals surface area contributed by atoms with Crippen LogP contribution in [0.5, 0.6) is 0 Å². The number of halogens is 1. The zero-order valence-electron chi connectivity index (χ0n) is 12.7. The lowest BCUT2D eigenvalue weighted by Gasteiger charge is -2.28. The van der Waals surface area contributed by atoms with Crippen molar-refractivity contribution in [3.8, 4) is 0 Å². The Morgan fingerprint density at radius 1 is 1.30 bits per heavy atom. The first-order chi connectivity index (χ1) is 8.97. The fourth-order valence-corrected chi connectivity index (χ4v) is 2.32. The molecule has 2 atom stereocenters. The Morgan fingerprint density at radius 3 is 2.60 bits per heavy atom. The molecule has 1 aliphatic heterocycles. The van der Waals surface area contributed by atoms with Gasteiger partial charge in [-0.15, -0.1) is 12.4 Å². The Labute approximate surface area is 128 Å². The van der Waals surface area contributed by atoms with Crippen LogP contribution in [0, 0.1) is 5.92 Å². The highest BCUT2D eigenvalue weighted by atomic mass is 35.5. The standard InChI is InChI=1S/C14H27N3O2.ClH/c1-10(2)8-14(19)16-7-5-13(18)17-12-4-6-15-11(3)9-12;/h10-12,15H,4-9H2,1-3H3,(H,16,19)(H,17,18);1H. The van der Waals surface area contributed by atoms with Crippen LogP contribution in [-0.4, -0.2) is 37.0 Å². The minimum atomic E-state index is 0. The molecule has 1 aliphatic rings. The van der Waals surface area contributed by atoms with Crippen LogP contribution in [0.2, 0.25) is 0 Å². The third kappa shape index (κ3) is 8.38. The predicted octanol–water partition coefficient (Wildman–Crippen LogP) is 1.22. The molecule has 0 bridgehead atoms. The molecule has 0 aromatic heterocycles. The summed E-state index contributed by atoms with van der Waals surface area (Å²) in [6.45, 7) is 7.52. The van der Waals surface area contributed by atoms with Gasteiger partial charge in [-0.25, -0.2) is 0 Å². The van der Waals surface area contributed by atoms with Gasteiger partial charge in [-0.3, -0.25) is 9.59 Å². The maximum Gasteiger partial charge on any atom is 0.221 e. The number of rotatable bonds is 6. The first kappa shape index (κ1) is 19.2. The van der Waals surface area contributed by atoms with E-state index in [1.807, 2.05) is 13.8 Å². The molecule has 118 valence electrons. The van der Waals surface area contributed by atoms with Crippen LogP contribution in [-0.2, 0) is 9.59 Å². The lowest BCUT2D eigenvalue weighted by atomic mass is 10.0. The SMILES string of the molecule is CC(C)CC(=O)NCCC(=O)NC1CCNC(C)C1.Cl. The van der Waals surface area contributed by atoms with Gasteiger partial charge in [0.1, 0.15) is 0 Å². The van der Waals surface area contributed by atoms with Gasteiger partial charge in [0.15, 0.2) is 0 Å². The van der Waals surface area contributed by atoms with Crippen LogP contribution in [0.15, 0.2) is 0 Å². The van der Waals surface area contributed by atoms with E-state index in [0.29, 0.717) is 31.3 Å². The van der Waals surface area contributed by atoms with Gasteiger partial charge < -0.3 is 16.0 Å². The van der Waals surface area contributed by atoms with E-state index < -0.39 is 0 Å². The second kappa shape index (κ2) is 10.00. The van der Waals surface area contributed by atoms with Gasteiger partial charge >= 0.3 is 0 Å². The lowest BCUT2D eigenvalue weighted by molar-refractivity contribution is -0.123. The minimum Gasteiger partial charge on any atom is -0.356 e. The summed E-state index contributed by atoms with van der Waals surface area (Å²) in [7, 11) is 0. The fraction of sp³-hybridized carbons (Fsp3) is 0.857. The van der Waals surface area contributed by atoms with Gasteiger partial charge in [0.25, 0.3) is 0 Å². The summed E-state index contributed by atoms with van der Waals surface area (Å²) in [5, 5.41) is 9.17. The molecule has 1 fully saturated rings. The van der Waals surface area contributed by atoms with Crippen molar-refractivity contribution < 1.29 is 9.59 Å². The summed E-state index contributed by atoms with van der Waals surface area (Å²) in [5.41, 5.74) is 0. The number of amides is 2. The highest BCUT2D eigenvalue weighted by Crippen LogP contribution is 2.08. The number of carbonyl (C=O) groups excluding carboxylic acids is 2. The molecule has 2 amide bonds. The maximum absolute atomic E-state index is 11.7. The summed E-state index contributed by atoms with van der Waals surface area (Å²) >= 11 is 0. The molecule has 0 aromatic rings. The Bertz CT molecular complexity index is 311. The Balaban J connectivity index is 0.00000361. The average molecular weight is 306 g/mol. The molecule has 1 saturated heterocycles. The predicted molar refractivity (Wildman–Crippen MR) is 83.0 cm³/mol. The summed E-state index contributed by atoms with van der Waals surface area (Å²) in [6.07, 6.45) is 2.84. The zero-order valence-corrected chi connectivity index (χ0v) is 13.5. The molecule has 1 heterocycles. The van der Waals surface area contributed by atoms with Gasteiger partial charge in [-0.05, 0) is 32.2 Å².